The summed E-state index contributed by atoms with van der Waals surface area (Å²) in [4.78, 5) is 35.0. The van der Waals surface area contributed by atoms with Crippen molar-refractivity contribution < 1.29 is 19.2 Å². The van der Waals surface area contributed by atoms with Gasteiger partial charge in [0.25, 0.3) is 5.69 Å². The smallest absolute Gasteiger partial charge is 0.318 e. The number of rotatable bonds is 3. The van der Waals surface area contributed by atoms with Crippen molar-refractivity contribution in [3.8, 4) is 0 Å². The monoisotopic (exact) mass is 264 g/mol. The molecule has 1 saturated heterocycles. The molecule has 1 aromatic rings. The molecule has 2 rings (SSSR count). The molecule has 1 aliphatic heterocycles. The number of esters is 1. The van der Waals surface area contributed by atoms with Gasteiger partial charge in [-0.05, 0) is 12.5 Å². The van der Waals surface area contributed by atoms with Gasteiger partial charge in [0, 0.05) is 18.7 Å². The van der Waals surface area contributed by atoms with Crippen LogP contribution >= 0.6 is 0 Å². The zero-order valence-corrected chi connectivity index (χ0v) is 10.2. The van der Waals surface area contributed by atoms with E-state index < -0.39 is 16.8 Å². The second-order valence-electron chi connectivity index (χ2n) is 4.13. The van der Waals surface area contributed by atoms with E-state index in [0.29, 0.717) is 18.7 Å². The van der Waals surface area contributed by atoms with Crippen LogP contribution in [0.4, 0.5) is 11.4 Å². The Morgan fingerprint density at radius 1 is 1.53 bits per heavy atom. The first-order valence-corrected chi connectivity index (χ1v) is 5.68. The highest BCUT2D eigenvalue weighted by Gasteiger charge is 2.38. The number of carbonyl (C=O) groups excluding carboxylic acids is 2. The summed E-state index contributed by atoms with van der Waals surface area (Å²) in [6.07, 6.45) is 0.355. The molecular formula is C12H12N2O5. The highest BCUT2D eigenvalue weighted by atomic mass is 16.6. The predicted octanol–water partition coefficient (Wildman–Crippen LogP) is 1.12. The van der Waals surface area contributed by atoms with Crippen molar-refractivity contribution >= 4 is 23.3 Å². The third kappa shape index (κ3) is 2.40. The Hall–Kier alpha value is -2.44. The summed E-state index contributed by atoms with van der Waals surface area (Å²) < 4.78 is 4.56. The van der Waals surface area contributed by atoms with Crippen LogP contribution in [0.25, 0.3) is 0 Å². The molecule has 7 heteroatoms. The lowest BCUT2D eigenvalue weighted by atomic mass is 10.1. The minimum atomic E-state index is -0.815. The van der Waals surface area contributed by atoms with Gasteiger partial charge in [-0.3, -0.25) is 19.7 Å². The van der Waals surface area contributed by atoms with Crippen LogP contribution in [0.3, 0.4) is 0 Å². The molecule has 0 spiro atoms. The minimum absolute atomic E-state index is 0.0909. The van der Waals surface area contributed by atoms with E-state index in [2.05, 4.69) is 4.74 Å². The molecule has 19 heavy (non-hydrogen) atoms. The van der Waals surface area contributed by atoms with Gasteiger partial charge in [-0.25, -0.2) is 0 Å². The molecule has 1 unspecified atom stereocenters. The fraction of sp³-hybridized carbons (Fsp3) is 0.333. The fourth-order valence-electron chi connectivity index (χ4n) is 2.07. The fourth-order valence-corrected chi connectivity index (χ4v) is 2.07. The highest BCUT2D eigenvalue weighted by molar-refractivity contribution is 6.08. The lowest BCUT2D eigenvalue weighted by Crippen LogP contribution is -2.30. The van der Waals surface area contributed by atoms with Crippen LogP contribution in [0, 0.1) is 16.0 Å². The molecule has 1 aliphatic rings. The summed E-state index contributed by atoms with van der Waals surface area (Å²) in [5, 5.41) is 10.7. The van der Waals surface area contributed by atoms with Crippen LogP contribution in [-0.2, 0) is 14.3 Å². The maximum atomic E-state index is 12.0. The SMILES string of the molecule is COC(=O)C1CCN(c2cccc([N+](=O)[O-])c2)C1=O. The molecule has 100 valence electrons. The lowest BCUT2D eigenvalue weighted by molar-refractivity contribution is -0.384. The Bertz CT molecular complexity index is 543. The second-order valence-corrected chi connectivity index (χ2v) is 4.13. The zero-order valence-electron chi connectivity index (χ0n) is 10.2. The molecule has 1 amide bonds. The molecule has 0 bridgehead atoms. The van der Waals surface area contributed by atoms with Crippen molar-refractivity contribution in [3.63, 3.8) is 0 Å². The number of nitro benzene ring substituents is 1. The standard InChI is InChI=1S/C12H12N2O5/c1-19-12(16)10-5-6-13(11(10)15)8-3-2-4-9(7-8)14(17)18/h2-4,7,10H,5-6H2,1H3. The molecule has 0 aliphatic carbocycles. The number of methoxy groups -OCH3 is 1. The Morgan fingerprint density at radius 3 is 2.89 bits per heavy atom. The van der Waals surface area contributed by atoms with Crippen molar-refractivity contribution in [2.24, 2.45) is 5.92 Å². The third-order valence-electron chi connectivity index (χ3n) is 3.04. The number of non-ortho nitro benzene ring substituents is 1. The van der Waals surface area contributed by atoms with Crippen molar-refractivity contribution in [2.75, 3.05) is 18.6 Å². The predicted molar refractivity (Wildman–Crippen MR) is 65.6 cm³/mol. The van der Waals surface area contributed by atoms with E-state index in [-0.39, 0.29) is 11.6 Å². The van der Waals surface area contributed by atoms with Gasteiger partial charge in [-0.2, -0.15) is 0 Å². The highest BCUT2D eigenvalue weighted by Crippen LogP contribution is 2.28. The molecule has 0 saturated carbocycles. The van der Waals surface area contributed by atoms with Gasteiger partial charge in [0.05, 0.1) is 17.7 Å². The topological polar surface area (TPSA) is 89.8 Å². The number of benzene rings is 1. The average Bonchev–Trinajstić information content (AvgIpc) is 2.80. The molecule has 1 aromatic carbocycles. The largest absolute Gasteiger partial charge is 0.468 e. The zero-order chi connectivity index (χ0) is 14.0. The number of ether oxygens (including phenoxy) is 1. The van der Waals surface area contributed by atoms with Gasteiger partial charge in [0.1, 0.15) is 5.92 Å². The van der Waals surface area contributed by atoms with Crippen LogP contribution in [0.2, 0.25) is 0 Å². The summed E-state index contributed by atoms with van der Waals surface area (Å²) in [6, 6.07) is 5.77. The van der Waals surface area contributed by atoms with Gasteiger partial charge in [-0.1, -0.05) is 6.07 Å². The Balaban J connectivity index is 2.24. The Morgan fingerprint density at radius 2 is 2.26 bits per heavy atom. The number of carbonyl (C=O) groups is 2. The first-order valence-electron chi connectivity index (χ1n) is 5.68. The van der Waals surface area contributed by atoms with Crippen LogP contribution in [0.15, 0.2) is 24.3 Å². The van der Waals surface area contributed by atoms with E-state index in [9.17, 15) is 19.7 Å². The average molecular weight is 264 g/mol. The summed E-state index contributed by atoms with van der Waals surface area (Å²) in [7, 11) is 1.23. The minimum Gasteiger partial charge on any atom is -0.468 e. The number of nitrogens with zero attached hydrogens (tertiary/aromatic N) is 2. The lowest BCUT2D eigenvalue weighted by Gasteiger charge is -2.15. The first-order chi connectivity index (χ1) is 9.04. The van der Waals surface area contributed by atoms with Crippen LogP contribution in [-0.4, -0.2) is 30.5 Å². The van der Waals surface area contributed by atoms with Crippen LogP contribution < -0.4 is 4.90 Å². The van der Waals surface area contributed by atoms with Crippen LogP contribution in [0.5, 0.6) is 0 Å². The van der Waals surface area contributed by atoms with E-state index in [4.69, 9.17) is 0 Å². The van der Waals surface area contributed by atoms with E-state index in [1.165, 1.54) is 30.2 Å². The molecule has 0 N–H and O–H groups in total. The molecule has 7 nitrogen and oxygen atoms in total. The number of nitro groups is 1. The van der Waals surface area contributed by atoms with Crippen molar-refractivity contribution in [1.82, 2.24) is 0 Å². The summed E-state index contributed by atoms with van der Waals surface area (Å²) >= 11 is 0. The number of amides is 1. The normalized spacial score (nSPS) is 18.5. The van der Waals surface area contributed by atoms with Crippen LogP contribution in [0.1, 0.15) is 6.42 Å². The Kier molecular flexibility index (Phi) is 3.46. The molecule has 1 atom stereocenters. The molecule has 1 heterocycles. The summed E-state index contributed by atoms with van der Waals surface area (Å²) in [5.74, 6) is -1.77. The maximum absolute atomic E-state index is 12.0. The number of hydrogen-bond acceptors (Lipinski definition) is 5. The molecule has 1 fully saturated rings. The third-order valence-corrected chi connectivity index (χ3v) is 3.04. The van der Waals surface area contributed by atoms with Crippen molar-refractivity contribution in [1.29, 1.82) is 0 Å². The summed E-state index contributed by atoms with van der Waals surface area (Å²) in [5.41, 5.74) is 0.331. The quantitative estimate of drug-likeness (QED) is 0.353. The van der Waals surface area contributed by atoms with E-state index in [1.807, 2.05) is 0 Å². The Labute approximate surface area is 108 Å². The van der Waals surface area contributed by atoms with Gasteiger partial charge < -0.3 is 9.64 Å². The number of anilines is 1. The second kappa shape index (κ2) is 5.05. The van der Waals surface area contributed by atoms with Gasteiger partial charge in [0.2, 0.25) is 5.91 Å². The number of hydrogen-bond donors (Lipinski definition) is 0. The molecular weight excluding hydrogens is 252 g/mol. The van der Waals surface area contributed by atoms with E-state index >= 15 is 0 Å². The first kappa shape index (κ1) is 13.0. The van der Waals surface area contributed by atoms with Gasteiger partial charge in [-0.15, -0.1) is 0 Å². The van der Waals surface area contributed by atoms with Crippen molar-refractivity contribution in [3.05, 3.63) is 34.4 Å². The summed E-state index contributed by atoms with van der Waals surface area (Å²) in [6.45, 7) is 0.347. The van der Waals surface area contributed by atoms with Gasteiger partial charge in [0.15, 0.2) is 0 Å². The van der Waals surface area contributed by atoms with E-state index in [0.717, 1.165) is 0 Å². The van der Waals surface area contributed by atoms with Crippen molar-refractivity contribution in [2.45, 2.75) is 6.42 Å². The molecule has 0 radical (unpaired) electrons. The van der Waals surface area contributed by atoms with Gasteiger partial charge >= 0.3 is 5.97 Å². The van der Waals surface area contributed by atoms with E-state index in [1.54, 1.807) is 6.07 Å². The molecule has 0 aromatic heterocycles. The maximum Gasteiger partial charge on any atom is 0.318 e.